The highest BCUT2D eigenvalue weighted by atomic mass is 35.5. The lowest BCUT2D eigenvalue weighted by atomic mass is 10.2. The van der Waals surface area contributed by atoms with Crippen molar-refractivity contribution >= 4 is 34.8 Å². The molecule has 0 aliphatic rings. The highest BCUT2D eigenvalue weighted by Gasteiger charge is 2.13. The van der Waals surface area contributed by atoms with E-state index in [1.807, 2.05) is 0 Å². The monoisotopic (exact) mass is 331 g/mol. The molecular weight excluding hydrogens is 309 g/mol. The highest BCUT2D eigenvalue weighted by Crippen LogP contribution is 2.28. The van der Waals surface area contributed by atoms with Crippen LogP contribution in [-0.2, 0) is 0 Å². The predicted octanol–water partition coefficient (Wildman–Crippen LogP) is 3.43. The van der Waals surface area contributed by atoms with Crippen molar-refractivity contribution in [3.8, 4) is 0 Å². The lowest BCUT2D eigenvalue weighted by molar-refractivity contribution is 0.0952. The van der Waals surface area contributed by atoms with Crippen LogP contribution in [0.2, 0.25) is 10.0 Å². The van der Waals surface area contributed by atoms with Crippen molar-refractivity contribution in [2.75, 3.05) is 25.9 Å². The fraction of sp³-hybridized carbons (Fsp3) is 0.533. The van der Waals surface area contributed by atoms with E-state index in [2.05, 4.69) is 31.1 Å². The first-order valence-corrected chi connectivity index (χ1v) is 7.81. The number of hydrogen-bond donors (Lipinski definition) is 2. The van der Waals surface area contributed by atoms with Gasteiger partial charge in [-0.15, -0.1) is 0 Å². The van der Waals surface area contributed by atoms with Crippen molar-refractivity contribution in [2.24, 2.45) is 0 Å². The second kappa shape index (κ2) is 8.47. The summed E-state index contributed by atoms with van der Waals surface area (Å²) in [6, 6.07) is 3.60. The summed E-state index contributed by atoms with van der Waals surface area (Å²) in [5.74, 6) is -0.244. The average molecular weight is 332 g/mol. The van der Waals surface area contributed by atoms with Gasteiger partial charge in [-0.05, 0) is 52.4 Å². The molecule has 21 heavy (non-hydrogen) atoms. The number of halogens is 2. The number of amides is 1. The highest BCUT2D eigenvalue weighted by molar-refractivity contribution is 6.44. The van der Waals surface area contributed by atoms with Crippen molar-refractivity contribution in [3.05, 3.63) is 27.7 Å². The Balaban J connectivity index is 2.41. The van der Waals surface area contributed by atoms with E-state index < -0.39 is 0 Å². The van der Waals surface area contributed by atoms with Crippen LogP contribution in [0.4, 0.5) is 5.69 Å². The SMILES string of the molecule is CC(C)N(C)CCCCNC(=O)c1cc(N)cc(Cl)c1Cl. The van der Waals surface area contributed by atoms with Crippen LogP contribution in [0.15, 0.2) is 12.1 Å². The van der Waals surface area contributed by atoms with Gasteiger partial charge < -0.3 is 16.0 Å². The third-order valence-electron chi connectivity index (χ3n) is 3.40. The number of carbonyl (C=O) groups is 1. The molecule has 1 rings (SSSR count). The Kier molecular flexibility index (Phi) is 7.29. The molecular formula is C15H23Cl2N3O. The Bertz CT molecular complexity index is 492. The number of unbranched alkanes of at least 4 members (excludes halogenated alkanes) is 1. The van der Waals surface area contributed by atoms with E-state index in [0.29, 0.717) is 28.9 Å². The van der Waals surface area contributed by atoms with Crippen LogP contribution in [-0.4, -0.2) is 37.0 Å². The maximum Gasteiger partial charge on any atom is 0.252 e. The molecule has 0 fully saturated rings. The van der Waals surface area contributed by atoms with E-state index in [1.165, 1.54) is 12.1 Å². The topological polar surface area (TPSA) is 58.4 Å². The molecule has 3 N–H and O–H groups in total. The normalized spacial score (nSPS) is 11.2. The van der Waals surface area contributed by atoms with Crippen LogP contribution < -0.4 is 11.1 Å². The molecule has 0 bridgehead atoms. The van der Waals surface area contributed by atoms with Crippen molar-refractivity contribution < 1.29 is 4.79 Å². The number of nitrogens with two attached hydrogens (primary N) is 1. The van der Waals surface area contributed by atoms with E-state index in [1.54, 1.807) is 0 Å². The van der Waals surface area contributed by atoms with Crippen molar-refractivity contribution in [1.82, 2.24) is 10.2 Å². The number of nitrogens with one attached hydrogen (secondary N) is 1. The Morgan fingerprint density at radius 2 is 2.00 bits per heavy atom. The molecule has 0 aliphatic heterocycles. The molecule has 0 radical (unpaired) electrons. The Hall–Kier alpha value is -0.970. The first-order valence-electron chi connectivity index (χ1n) is 7.06. The molecule has 0 aliphatic carbocycles. The largest absolute Gasteiger partial charge is 0.399 e. The number of rotatable bonds is 7. The standard InChI is InChI=1S/C15H23Cl2N3O/c1-10(2)20(3)7-5-4-6-19-15(21)12-8-11(18)9-13(16)14(12)17/h8-10H,4-7,18H2,1-3H3,(H,19,21). The molecule has 0 saturated heterocycles. The second-order valence-corrected chi connectivity index (χ2v) is 6.19. The Morgan fingerprint density at radius 1 is 1.33 bits per heavy atom. The fourth-order valence-electron chi connectivity index (χ4n) is 1.82. The quantitative estimate of drug-likeness (QED) is 0.594. The third-order valence-corrected chi connectivity index (χ3v) is 4.20. The first kappa shape index (κ1) is 18.1. The molecule has 0 atom stereocenters. The summed E-state index contributed by atoms with van der Waals surface area (Å²) in [4.78, 5) is 14.3. The van der Waals surface area contributed by atoms with Crippen LogP contribution in [0.5, 0.6) is 0 Å². The minimum atomic E-state index is -0.244. The number of carbonyl (C=O) groups excluding carboxylic acids is 1. The van der Waals surface area contributed by atoms with Gasteiger partial charge in [-0.2, -0.15) is 0 Å². The van der Waals surface area contributed by atoms with Gasteiger partial charge in [-0.3, -0.25) is 4.79 Å². The van der Waals surface area contributed by atoms with Gasteiger partial charge in [0, 0.05) is 18.3 Å². The van der Waals surface area contributed by atoms with Gasteiger partial charge in [-0.1, -0.05) is 23.2 Å². The molecule has 0 spiro atoms. The van der Waals surface area contributed by atoms with E-state index in [4.69, 9.17) is 28.9 Å². The van der Waals surface area contributed by atoms with Crippen LogP contribution in [0.1, 0.15) is 37.0 Å². The maximum atomic E-state index is 12.1. The minimum absolute atomic E-state index is 0.239. The van der Waals surface area contributed by atoms with Crippen LogP contribution in [0.3, 0.4) is 0 Å². The van der Waals surface area contributed by atoms with Crippen LogP contribution >= 0.6 is 23.2 Å². The maximum absolute atomic E-state index is 12.1. The van der Waals surface area contributed by atoms with Gasteiger partial charge in [-0.25, -0.2) is 0 Å². The summed E-state index contributed by atoms with van der Waals surface area (Å²) >= 11 is 11.9. The van der Waals surface area contributed by atoms with Gasteiger partial charge in [0.15, 0.2) is 0 Å². The second-order valence-electron chi connectivity index (χ2n) is 5.40. The van der Waals surface area contributed by atoms with E-state index in [0.717, 1.165) is 19.4 Å². The third kappa shape index (κ3) is 5.73. The molecule has 118 valence electrons. The molecule has 1 aromatic carbocycles. The zero-order valence-electron chi connectivity index (χ0n) is 12.7. The molecule has 1 amide bonds. The van der Waals surface area contributed by atoms with E-state index >= 15 is 0 Å². The number of anilines is 1. The smallest absolute Gasteiger partial charge is 0.252 e. The summed E-state index contributed by atoms with van der Waals surface area (Å²) in [5, 5.41) is 3.37. The molecule has 0 unspecified atom stereocenters. The molecule has 1 aromatic rings. The van der Waals surface area contributed by atoms with Gasteiger partial charge in [0.05, 0.1) is 15.6 Å². The Labute approximate surface area is 136 Å². The molecule has 4 nitrogen and oxygen atoms in total. The minimum Gasteiger partial charge on any atom is -0.399 e. The van der Waals surface area contributed by atoms with Gasteiger partial charge in [0.2, 0.25) is 0 Å². The average Bonchev–Trinajstić information content (AvgIpc) is 2.41. The van der Waals surface area contributed by atoms with Gasteiger partial charge in [0.1, 0.15) is 0 Å². The lowest BCUT2D eigenvalue weighted by Crippen LogP contribution is -2.29. The number of nitrogen functional groups attached to an aromatic ring is 1. The number of benzene rings is 1. The van der Waals surface area contributed by atoms with Crippen molar-refractivity contribution in [3.63, 3.8) is 0 Å². The van der Waals surface area contributed by atoms with Crippen LogP contribution in [0, 0.1) is 0 Å². The van der Waals surface area contributed by atoms with Crippen molar-refractivity contribution in [1.29, 1.82) is 0 Å². The van der Waals surface area contributed by atoms with Gasteiger partial charge >= 0.3 is 0 Å². The van der Waals surface area contributed by atoms with Gasteiger partial charge in [0.25, 0.3) is 5.91 Å². The van der Waals surface area contributed by atoms with E-state index in [-0.39, 0.29) is 10.9 Å². The van der Waals surface area contributed by atoms with Crippen LogP contribution in [0.25, 0.3) is 0 Å². The molecule has 0 saturated carbocycles. The molecule has 0 aromatic heterocycles. The summed E-state index contributed by atoms with van der Waals surface area (Å²) in [6.07, 6.45) is 1.94. The summed E-state index contributed by atoms with van der Waals surface area (Å²) in [5.41, 5.74) is 6.42. The summed E-state index contributed by atoms with van der Waals surface area (Å²) in [7, 11) is 2.10. The molecule has 6 heteroatoms. The lowest BCUT2D eigenvalue weighted by Gasteiger charge is -2.20. The fourth-order valence-corrected chi connectivity index (χ4v) is 2.24. The van der Waals surface area contributed by atoms with Crippen molar-refractivity contribution in [2.45, 2.75) is 32.7 Å². The number of nitrogens with zero attached hydrogens (tertiary/aromatic N) is 1. The van der Waals surface area contributed by atoms with E-state index in [9.17, 15) is 4.79 Å². The Morgan fingerprint density at radius 3 is 2.62 bits per heavy atom. The zero-order valence-corrected chi connectivity index (χ0v) is 14.3. The summed E-state index contributed by atoms with van der Waals surface area (Å²) in [6.45, 7) is 5.94. The number of hydrogen-bond acceptors (Lipinski definition) is 3. The molecule has 0 heterocycles. The summed E-state index contributed by atoms with van der Waals surface area (Å²) < 4.78 is 0. The zero-order chi connectivity index (χ0) is 16.0. The first-order chi connectivity index (χ1) is 9.82. The predicted molar refractivity (Wildman–Crippen MR) is 90.2 cm³/mol.